The van der Waals surface area contributed by atoms with E-state index in [1.165, 1.54) is 0 Å². The molecule has 4 saturated carbocycles. The predicted octanol–water partition coefficient (Wildman–Crippen LogP) is 3.79. The van der Waals surface area contributed by atoms with Gasteiger partial charge in [0.25, 0.3) is 0 Å². The molecule has 142 valence electrons. The van der Waals surface area contributed by atoms with Gasteiger partial charge in [-0.1, -0.05) is 13.8 Å². The predicted molar refractivity (Wildman–Crippen MR) is 93.2 cm³/mol. The quantitative estimate of drug-likeness (QED) is 0.748. The number of rotatable bonds is 2. The first kappa shape index (κ1) is 17.9. The van der Waals surface area contributed by atoms with Crippen LogP contribution in [0, 0.1) is 34.5 Å². The topological polar surface area (TPSA) is 80.7 Å². The minimum absolute atomic E-state index is 0.0877. The molecular weight excluding hydrogens is 340 g/mol. The Morgan fingerprint density at radius 1 is 1.04 bits per heavy atom. The van der Waals surface area contributed by atoms with Gasteiger partial charge < -0.3 is 0 Å². The van der Waals surface area contributed by atoms with Crippen LogP contribution in [0.5, 0.6) is 0 Å². The van der Waals surface area contributed by atoms with E-state index in [2.05, 4.69) is 13.8 Å². The molecule has 0 saturated heterocycles. The van der Waals surface area contributed by atoms with Crippen LogP contribution < -0.4 is 0 Å². The SMILES string of the molecule is C[C@]12CC[C@H](OS(=O)(=O)O)CC1CC[C@@H]1[C@@H]2CC[C@]2(C)C(=O)CC[C@@H]12. The summed E-state index contributed by atoms with van der Waals surface area (Å²) in [6.07, 6.45) is 8.19. The third kappa shape index (κ3) is 2.79. The van der Waals surface area contributed by atoms with Crippen LogP contribution in [0.4, 0.5) is 0 Å². The van der Waals surface area contributed by atoms with E-state index >= 15 is 0 Å². The molecule has 1 N–H and O–H groups in total. The molecule has 4 rings (SSSR count). The molecule has 0 aliphatic heterocycles. The summed E-state index contributed by atoms with van der Waals surface area (Å²) in [5.41, 5.74) is 0.130. The zero-order valence-electron chi connectivity index (χ0n) is 15.2. The van der Waals surface area contributed by atoms with Gasteiger partial charge in [-0.2, -0.15) is 8.42 Å². The Bertz CT molecular complexity index is 673. The van der Waals surface area contributed by atoms with Crippen LogP contribution in [0.1, 0.15) is 71.6 Å². The molecule has 0 heterocycles. The summed E-state index contributed by atoms with van der Waals surface area (Å²) in [6.45, 7) is 4.59. The second kappa shape index (κ2) is 5.77. The molecule has 0 aromatic heterocycles. The Morgan fingerprint density at radius 3 is 2.52 bits per heavy atom. The maximum atomic E-state index is 12.4. The Balaban J connectivity index is 1.54. The van der Waals surface area contributed by atoms with Crippen molar-refractivity contribution in [1.29, 1.82) is 0 Å². The molecule has 1 unspecified atom stereocenters. The van der Waals surface area contributed by atoms with Crippen molar-refractivity contribution in [3.05, 3.63) is 0 Å². The molecule has 4 aliphatic rings. The van der Waals surface area contributed by atoms with Gasteiger partial charge in [-0.3, -0.25) is 9.35 Å². The molecule has 0 amide bonds. The van der Waals surface area contributed by atoms with E-state index in [1.54, 1.807) is 0 Å². The second-order valence-electron chi connectivity index (χ2n) is 9.50. The lowest BCUT2D eigenvalue weighted by Gasteiger charge is -2.60. The fraction of sp³-hybridized carbons (Fsp3) is 0.947. The van der Waals surface area contributed by atoms with Crippen molar-refractivity contribution < 1.29 is 21.9 Å². The summed E-state index contributed by atoms with van der Waals surface area (Å²) < 4.78 is 36.0. The van der Waals surface area contributed by atoms with Crippen molar-refractivity contribution in [3.8, 4) is 0 Å². The lowest BCUT2D eigenvalue weighted by molar-refractivity contribution is -0.141. The summed E-state index contributed by atoms with van der Waals surface area (Å²) in [7, 11) is -4.37. The Hall–Kier alpha value is -0.460. The fourth-order valence-corrected chi connectivity index (χ4v) is 7.77. The highest BCUT2D eigenvalue weighted by atomic mass is 32.3. The van der Waals surface area contributed by atoms with Gasteiger partial charge in [-0.15, -0.1) is 0 Å². The zero-order valence-corrected chi connectivity index (χ0v) is 16.1. The maximum absolute atomic E-state index is 12.4. The number of carbonyl (C=O) groups is 1. The molecular formula is C19H30O5S. The largest absolute Gasteiger partial charge is 0.397 e. The van der Waals surface area contributed by atoms with E-state index < -0.39 is 10.4 Å². The van der Waals surface area contributed by atoms with Crippen molar-refractivity contribution in [3.63, 3.8) is 0 Å². The Morgan fingerprint density at radius 2 is 1.80 bits per heavy atom. The summed E-state index contributed by atoms with van der Waals surface area (Å²) in [5, 5.41) is 0. The van der Waals surface area contributed by atoms with Gasteiger partial charge in [-0.05, 0) is 80.5 Å². The van der Waals surface area contributed by atoms with Crippen LogP contribution in [0.3, 0.4) is 0 Å². The summed E-state index contributed by atoms with van der Waals surface area (Å²) in [4.78, 5) is 12.4. The monoisotopic (exact) mass is 370 g/mol. The van der Waals surface area contributed by atoms with Gasteiger partial charge in [0, 0.05) is 11.8 Å². The Kier molecular flexibility index (Phi) is 4.14. The van der Waals surface area contributed by atoms with E-state index in [4.69, 9.17) is 8.74 Å². The van der Waals surface area contributed by atoms with E-state index in [1.807, 2.05) is 0 Å². The van der Waals surface area contributed by atoms with Gasteiger partial charge in [0.05, 0.1) is 6.10 Å². The van der Waals surface area contributed by atoms with Crippen molar-refractivity contribution in [2.45, 2.75) is 77.7 Å². The smallest absolute Gasteiger partial charge is 0.299 e. The van der Waals surface area contributed by atoms with E-state index in [0.29, 0.717) is 35.9 Å². The van der Waals surface area contributed by atoms with E-state index in [9.17, 15) is 13.2 Å². The molecule has 0 radical (unpaired) electrons. The van der Waals surface area contributed by atoms with Crippen LogP contribution in [-0.2, 0) is 19.4 Å². The third-order valence-corrected chi connectivity index (χ3v) is 9.10. The average molecular weight is 371 g/mol. The lowest BCUT2D eigenvalue weighted by Crippen LogP contribution is -2.54. The van der Waals surface area contributed by atoms with Crippen LogP contribution >= 0.6 is 0 Å². The van der Waals surface area contributed by atoms with Crippen molar-refractivity contribution in [2.24, 2.45) is 34.5 Å². The van der Waals surface area contributed by atoms with Crippen LogP contribution in [0.25, 0.3) is 0 Å². The van der Waals surface area contributed by atoms with Crippen molar-refractivity contribution >= 4 is 16.2 Å². The van der Waals surface area contributed by atoms with Gasteiger partial charge in [0.1, 0.15) is 5.78 Å². The first-order valence-electron chi connectivity index (χ1n) is 9.82. The highest BCUT2D eigenvalue weighted by Crippen LogP contribution is 2.65. The summed E-state index contributed by atoms with van der Waals surface area (Å²) in [5.74, 6) is 2.76. The van der Waals surface area contributed by atoms with Gasteiger partial charge >= 0.3 is 10.4 Å². The van der Waals surface area contributed by atoms with Gasteiger partial charge in [0.2, 0.25) is 0 Å². The van der Waals surface area contributed by atoms with Crippen LogP contribution in [0.15, 0.2) is 0 Å². The average Bonchev–Trinajstić information content (AvgIpc) is 2.82. The fourth-order valence-electron chi connectivity index (χ4n) is 7.25. The number of hydrogen-bond donors (Lipinski definition) is 1. The molecule has 4 aliphatic carbocycles. The highest BCUT2D eigenvalue weighted by Gasteiger charge is 2.60. The summed E-state index contributed by atoms with van der Waals surface area (Å²) >= 11 is 0. The molecule has 0 bridgehead atoms. The first-order chi connectivity index (χ1) is 11.6. The van der Waals surface area contributed by atoms with Crippen molar-refractivity contribution in [2.75, 3.05) is 0 Å². The zero-order chi connectivity index (χ0) is 18.0. The maximum Gasteiger partial charge on any atom is 0.397 e. The Labute approximate surface area is 150 Å². The number of ketones is 1. The molecule has 7 atom stereocenters. The molecule has 25 heavy (non-hydrogen) atoms. The minimum atomic E-state index is -4.37. The van der Waals surface area contributed by atoms with E-state index in [0.717, 1.165) is 51.4 Å². The molecule has 0 spiro atoms. The minimum Gasteiger partial charge on any atom is -0.299 e. The van der Waals surface area contributed by atoms with Gasteiger partial charge in [-0.25, -0.2) is 4.18 Å². The summed E-state index contributed by atoms with van der Waals surface area (Å²) in [6, 6.07) is 0. The highest BCUT2D eigenvalue weighted by molar-refractivity contribution is 7.80. The van der Waals surface area contributed by atoms with Crippen molar-refractivity contribution in [1.82, 2.24) is 0 Å². The number of carbonyl (C=O) groups excluding carboxylic acids is 1. The molecule has 6 heteroatoms. The molecule has 4 fully saturated rings. The second-order valence-corrected chi connectivity index (χ2v) is 10.5. The molecule has 5 nitrogen and oxygen atoms in total. The van der Waals surface area contributed by atoms with Gasteiger partial charge in [0.15, 0.2) is 0 Å². The molecule has 0 aromatic carbocycles. The van der Waals surface area contributed by atoms with Crippen LogP contribution in [0.2, 0.25) is 0 Å². The number of hydrogen-bond acceptors (Lipinski definition) is 4. The third-order valence-electron chi connectivity index (χ3n) is 8.58. The number of fused-ring (bicyclic) bond motifs is 5. The normalized spacial score (nSPS) is 50.0. The standard InChI is InChI=1S/C19H30O5S/c1-18-9-7-13(24-25(21,22)23)11-12(18)3-4-14-15-5-6-17(20)19(15,2)10-8-16(14)18/h12-16H,3-11H2,1-2H3,(H,21,22,23)/t12?,13-,14-,15-,16-,18-,19-/m0/s1. The number of Topliss-reactive ketones (excluding diaryl/α,β-unsaturated/α-hetero) is 1. The first-order valence-corrected chi connectivity index (χ1v) is 11.2. The van der Waals surface area contributed by atoms with Crippen LogP contribution in [-0.4, -0.2) is 24.9 Å². The molecule has 0 aromatic rings. The van der Waals surface area contributed by atoms with E-state index in [-0.39, 0.29) is 16.9 Å². The lowest BCUT2D eigenvalue weighted by atomic mass is 9.45.